The number of nitro groups is 1. The Hall–Kier alpha value is -2.18. The number of aliphatic carboxylic acids is 1. The van der Waals surface area contributed by atoms with E-state index in [0.717, 1.165) is 18.2 Å². The number of carboxylic acid groups (broad SMARTS) is 1. The van der Waals surface area contributed by atoms with Crippen LogP contribution in [0, 0.1) is 15.9 Å². The first-order valence-electron chi connectivity index (χ1n) is 5.38. The zero-order valence-corrected chi connectivity index (χ0v) is 9.72. The minimum Gasteiger partial charge on any atom is -0.480 e. The molecule has 6 nitrogen and oxygen atoms in total. The number of non-ortho nitro benzene ring substituents is 1. The van der Waals surface area contributed by atoms with Crippen LogP contribution in [0.25, 0.3) is 0 Å². The molecule has 0 spiro atoms. The summed E-state index contributed by atoms with van der Waals surface area (Å²) in [5.74, 6) is -1.86. The number of carboxylic acids is 1. The molecule has 0 aromatic heterocycles. The second-order valence-electron chi connectivity index (χ2n) is 3.78. The summed E-state index contributed by atoms with van der Waals surface area (Å²) < 4.78 is 13.1. The van der Waals surface area contributed by atoms with Crippen molar-refractivity contribution in [3.05, 3.63) is 34.1 Å². The van der Waals surface area contributed by atoms with Crippen molar-refractivity contribution in [2.75, 3.05) is 5.32 Å². The van der Waals surface area contributed by atoms with Gasteiger partial charge in [0.1, 0.15) is 11.9 Å². The molecule has 0 heterocycles. The molecule has 7 heteroatoms. The fraction of sp³-hybridized carbons (Fsp3) is 0.364. The average molecular weight is 256 g/mol. The van der Waals surface area contributed by atoms with E-state index in [1.165, 1.54) is 0 Å². The van der Waals surface area contributed by atoms with E-state index in [0.29, 0.717) is 12.8 Å². The van der Waals surface area contributed by atoms with Crippen LogP contribution < -0.4 is 5.32 Å². The number of halogens is 1. The van der Waals surface area contributed by atoms with Crippen molar-refractivity contribution in [2.24, 2.45) is 0 Å². The smallest absolute Gasteiger partial charge is 0.326 e. The van der Waals surface area contributed by atoms with E-state index in [-0.39, 0.29) is 5.69 Å². The van der Waals surface area contributed by atoms with Crippen molar-refractivity contribution in [1.82, 2.24) is 0 Å². The van der Waals surface area contributed by atoms with Gasteiger partial charge in [0.25, 0.3) is 5.69 Å². The van der Waals surface area contributed by atoms with E-state index in [1.54, 1.807) is 0 Å². The number of hydrogen-bond donors (Lipinski definition) is 2. The molecule has 0 saturated carbocycles. The molecule has 1 aromatic carbocycles. The Morgan fingerprint density at radius 3 is 2.72 bits per heavy atom. The molecule has 0 bridgehead atoms. The van der Waals surface area contributed by atoms with Crippen LogP contribution in [0.4, 0.5) is 15.8 Å². The normalized spacial score (nSPS) is 11.9. The monoisotopic (exact) mass is 256 g/mol. The van der Waals surface area contributed by atoms with Gasteiger partial charge in [0, 0.05) is 11.8 Å². The average Bonchev–Trinajstić information content (AvgIpc) is 2.27. The highest BCUT2D eigenvalue weighted by molar-refractivity contribution is 5.77. The fourth-order valence-corrected chi connectivity index (χ4v) is 1.51. The summed E-state index contributed by atoms with van der Waals surface area (Å²) in [5, 5.41) is 22.0. The van der Waals surface area contributed by atoms with E-state index in [4.69, 9.17) is 5.11 Å². The van der Waals surface area contributed by atoms with Gasteiger partial charge in [-0.15, -0.1) is 0 Å². The van der Waals surface area contributed by atoms with Crippen molar-refractivity contribution in [1.29, 1.82) is 0 Å². The summed E-state index contributed by atoms with van der Waals surface area (Å²) in [5.41, 5.74) is -0.333. The van der Waals surface area contributed by atoms with Crippen LogP contribution >= 0.6 is 0 Å². The van der Waals surface area contributed by atoms with Gasteiger partial charge in [0.2, 0.25) is 0 Å². The number of nitrogens with one attached hydrogen (secondary N) is 1. The van der Waals surface area contributed by atoms with E-state index in [9.17, 15) is 19.3 Å². The molecular weight excluding hydrogens is 243 g/mol. The number of anilines is 1. The van der Waals surface area contributed by atoms with Gasteiger partial charge in [-0.05, 0) is 12.5 Å². The molecule has 2 N–H and O–H groups in total. The second-order valence-corrected chi connectivity index (χ2v) is 3.78. The van der Waals surface area contributed by atoms with Gasteiger partial charge >= 0.3 is 5.97 Å². The molecule has 1 aromatic rings. The summed E-state index contributed by atoms with van der Waals surface area (Å²) in [6, 6.07) is 2.02. The molecule has 1 unspecified atom stereocenters. The number of benzene rings is 1. The summed E-state index contributed by atoms with van der Waals surface area (Å²) in [4.78, 5) is 20.7. The number of rotatable bonds is 6. The number of nitro benzene ring substituents is 1. The van der Waals surface area contributed by atoms with Crippen LogP contribution in [-0.4, -0.2) is 22.0 Å². The number of carbonyl (C=O) groups is 1. The molecule has 0 aliphatic heterocycles. The lowest BCUT2D eigenvalue weighted by atomic mass is 10.1. The third-order valence-electron chi connectivity index (χ3n) is 2.31. The lowest BCUT2D eigenvalue weighted by Crippen LogP contribution is -2.29. The summed E-state index contributed by atoms with van der Waals surface area (Å²) in [7, 11) is 0. The maximum atomic E-state index is 13.1. The SMILES string of the molecule is CCCC(Nc1cc(F)cc([N+](=O)[O-])c1)C(=O)O. The van der Waals surface area contributed by atoms with Crippen molar-refractivity contribution >= 4 is 17.3 Å². The molecule has 0 saturated heterocycles. The summed E-state index contributed by atoms with van der Waals surface area (Å²) >= 11 is 0. The van der Waals surface area contributed by atoms with Crippen LogP contribution in [-0.2, 0) is 4.79 Å². The summed E-state index contributed by atoms with van der Waals surface area (Å²) in [6.07, 6.45) is 0.973. The Morgan fingerprint density at radius 2 is 2.22 bits per heavy atom. The predicted molar refractivity (Wildman–Crippen MR) is 63.0 cm³/mol. The third-order valence-corrected chi connectivity index (χ3v) is 2.31. The van der Waals surface area contributed by atoms with E-state index in [2.05, 4.69) is 5.32 Å². The largest absolute Gasteiger partial charge is 0.480 e. The summed E-state index contributed by atoms with van der Waals surface area (Å²) in [6.45, 7) is 1.81. The molecule has 1 rings (SSSR count). The van der Waals surface area contributed by atoms with Crippen LogP contribution in [0.15, 0.2) is 18.2 Å². The molecule has 0 aliphatic carbocycles. The molecule has 0 aliphatic rings. The molecular formula is C11H13FN2O4. The van der Waals surface area contributed by atoms with E-state index >= 15 is 0 Å². The van der Waals surface area contributed by atoms with E-state index in [1.807, 2.05) is 6.92 Å². The van der Waals surface area contributed by atoms with Crippen LogP contribution in [0.2, 0.25) is 0 Å². The second kappa shape index (κ2) is 5.95. The van der Waals surface area contributed by atoms with Crippen molar-refractivity contribution in [2.45, 2.75) is 25.8 Å². The van der Waals surface area contributed by atoms with Gasteiger partial charge in [-0.3, -0.25) is 10.1 Å². The Bertz CT molecular complexity index is 464. The minimum atomic E-state index is -1.08. The highest BCUT2D eigenvalue weighted by Gasteiger charge is 2.18. The first-order valence-corrected chi connectivity index (χ1v) is 5.38. The van der Waals surface area contributed by atoms with Gasteiger partial charge in [-0.2, -0.15) is 0 Å². The standard InChI is InChI=1S/C11H13FN2O4/c1-2-3-10(11(15)16)13-8-4-7(12)5-9(6-8)14(17)18/h4-6,10,13H,2-3H2,1H3,(H,15,16). The minimum absolute atomic E-state index is 0.0857. The lowest BCUT2D eigenvalue weighted by molar-refractivity contribution is -0.385. The molecule has 1 atom stereocenters. The Balaban J connectivity index is 2.95. The fourth-order valence-electron chi connectivity index (χ4n) is 1.51. The molecule has 0 radical (unpaired) electrons. The zero-order chi connectivity index (χ0) is 13.7. The first kappa shape index (κ1) is 13.9. The Kier molecular flexibility index (Phi) is 4.59. The molecule has 98 valence electrons. The first-order chi connectivity index (χ1) is 8.43. The van der Waals surface area contributed by atoms with E-state index < -0.39 is 28.4 Å². The van der Waals surface area contributed by atoms with Gasteiger partial charge in [-0.25, -0.2) is 9.18 Å². The topological polar surface area (TPSA) is 92.5 Å². The predicted octanol–water partition coefficient (Wildman–Crippen LogP) is 2.40. The zero-order valence-electron chi connectivity index (χ0n) is 9.72. The van der Waals surface area contributed by atoms with Crippen molar-refractivity contribution < 1.29 is 19.2 Å². The molecule has 0 fully saturated rings. The van der Waals surface area contributed by atoms with Gasteiger partial charge in [0.15, 0.2) is 0 Å². The van der Waals surface area contributed by atoms with Crippen LogP contribution in [0.1, 0.15) is 19.8 Å². The van der Waals surface area contributed by atoms with Crippen LogP contribution in [0.5, 0.6) is 0 Å². The maximum absolute atomic E-state index is 13.1. The van der Waals surface area contributed by atoms with Gasteiger partial charge in [-0.1, -0.05) is 13.3 Å². The van der Waals surface area contributed by atoms with Gasteiger partial charge < -0.3 is 10.4 Å². The van der Waals surface area contributed by atoms with Gasteiger partial charge in [0.05, 0.1) is 11.0 Å². The third kappa shape index (κ3) is 3.69. The van der Waals surface area contributed by atoms with Crippen molar-refractivity contribution in [3.63, 3.8) is 0 Å². The Morgan fingerprint density at radius 1 is 1.56 bits per heavy atom. The lowest BCUT2D eigenvalue weighted by Gasteiger charge is -2.14. The number of hydrogen-bond acceptors (Lipinski definition) is 4. The van der Waals surface area contributed by atoms with Crippen molar-refractivity contribution in [3.8, 4) is 0 Å². The van der Waals surface area contributed by atoms with Crippen LogP contribution in [0.3, 0.4) is 0 Å². The molecule has 18 heavy (non-hydrogen) atoms. The quantitative estimate of drug-likeness (QED) is 0.602. The highest BCUT2D eigenvalue weighted by atomic mass is 19.1. The Labute approximate surface area is 103 Å². The highest BCUT2D eigenvalue weighted by Crippen LogP contribution is 2.21. The maximum Gasteiger partial charge on any atom is 0.326 e. The number of nitrogens with zero attached hydrogens (tertiary/aromatic N) is 1. The molecule has 0 amide bonds.